The maximum atomic E-state index is 13.0. The second kappa shape index (κ2) is 8.66. The van der Waals surface area contributed by atoms with Gasteiger partial charge in [-0.3, -0.25) is 4.57 Å². The summed E-state index contributed by atoms with van der Waals surface area (Å²) >= 11 is 3.44. The molecule has 1 aliphatic rings. The highest BCUT2D eigenvalue weighted by atomic mass is 79.9. The number of halogens is 2. The van der Waals surface area contributed by atoms with Gasteiger partial charge in [0.1, 0.15) is 0 Å². The summed E-state index contributed by atoms with van der Waals surface area (Å²) in [5, 5.41) is 3.31. The highest BCUT2D eigenvalue weighted by Crippen LogP contribution is 2.58. The van der Waals surface area contributed by atoms with Gasteiger partial charge in [0.15, 0.2) is 0 Å². The predicted octanol–water partition coefficient (Wildman–Crippen LogP) is 4.19. The predicted molar refractivity (Wildman–Crippen MR) is 91.6 cm³/mol. The van der Waals surface area contributed by atoms with E-state index in [4.69, 9.17) is 9.05 Å². The average Bonchev–Trinajstić information content (AvgIpc) is 2.90. The van der Waals surface area contributed by atoms with Crippen molar-refractivity contribution < 1.29 is 13.6 Å². The van der Waals surface area contributed by atoms with E-state index < -0.39 is 7.60 Å². The summed E-state index contributed by atoms with van der Waals surface area (Å²) in [6.07, 6.45) is 0. The smallest absolute Gasteiger partial charge is 0.315 e. The van der Waals surface area contributed by atoms with Crippen LogP contribution in [0, 0.1) is 0 Å². The first-order chi connectivity index (χ1) is 9.60. The number of hydrogen-bond acceptors (Lipinski definition) is 4. The molecule has 4 nitrogen and oxygen atoms in total. The minimum Gasteiger partial charge on any atom is -0.315 e. The van der Waals surface area contributed by atoms with E-state index in [2.05, 4.69) is 33.4 Å². The molecule has 0 radical (unpaired) electrons. The van der Waals surface area contributed by atoms with Gasteiger partial charge in [-0.15, -0.1) is 12.4 Å². The molecule has 1 saturated heterocycles. The van der Waals surface area contributed by atoms with Crippen LogP contribution in [0.3, 0.4) is 0 Å². The van der Waals surface area contributed by atoms with E-state index in [1.54, 1.807) is 0 Å². The maximum Gasteiger partial charge on any atom is 0.335 e. The fourth-order valence-electron chi connectivity index (χ4n) is 2.64. The van der Waals surface area contributed by atoms with Gasteiger partial charge in [-0.1, -0.05) is 28.1 Å². The standard InChI is InChI=1S/C14H21BrNO3P.ClH/c1-3-18-20(17,19-4-2)14-10-16-9-13(14)11-5-7-12(15)8-6-11;/h5-8,13-14,16H,3-4,9-10H2,1-2H3;1H. The normalized spacial score (nSPS) is 22.0. The van der Waals surface area contributed by atoms with Gasteiger partial charge in [-0.05, 0) is 31.5 Å². The van der Waals surface area contributed by atoms with Crippen LogP contribution in [0.5, 0.6) is 0 Å². The number of benzene rings is 1. The van der Waals surface area contributed by atoms with E-state index >= 15 is 0 Å². The average molecular weight is 399 g/mol. The zero-order valence-corrected chi connectivity index (χ0v) is 15.5. The first-order valence-electron chi connectivity index (χ1n) is 6.95. The molecule has 7 heteroatoms. The third kappa shape index (κ3) is 4.54. The highest BCUT2D eigenvalue weighted by Gasteiger charge is 2.44. The van der Waals surface area contributed by atoms with E-state index in [-0.39, 0.29) is 24.0 Å². The van der Waals surface area contributed by atoms with Gasteiger partial charge in [0.2, 0.25) is 0 Å². The van der Waals surface area contributed by atoms with E-state index in [0.717, 1.165) is 11.0 Å². The van der Waals surface area contributed by atoms with Gasteiger partial charge < -0.3 is 14.4 Å². The van der Waals surface area contributed by atoms with Crippen LogP contribution in [-0.4, -0.2) is 32.0 Å². The van der Waals surface area contributed by atoms with Crippen molar-refractivity contribution in [2.24, 2.45) is 0 Å². The summed E-state index contributed by atoms with van der Waals surface area (Å²) in [7, 11) is -3.07. The molecule has 0 aromatic heterocycles. The molecule has 2 atom stereocenters. The number of nitrogens with one attached hydrogen (secondary N) is 1. The first kappa shape index (κ1) is 19.1. The quantitative estimate of drug-likeness (QED) is 0.730. The molecule has 1 aromatic rings. The zero-order chi connectivity index (χ0) is 14.6. The molecule has 2 rings (SSSR count). The minimum absolute atomic E-state index is 0. The second-order valence-electron chi connectivity index (χ2n) is 4.76. The number of hydrogen-bond donors (Lipinski definition) is 1. The van der Waals surface area contributed by atoms with Crippen LogP contribution in [0.15, 0.2) is 28.7 Å². The molecule has 21 heavy (non-hydrogen) atoms. The van der Waals surface area contributed by atoms with Crippen molar-refractivity contribution in [3.63, 3.8) is 0 Å². The Labute approximate surface area is 141 Å². The van der Waals surface area contributed by atoms with Crippen molar-refractivity contribution in [3.8, 4) is 0 Å². The second-order valence-corrected chi connectivity index (χ2v) is 7.93. The van der Waals surface area contributed by atoms with Crippen LogP contribution in [0.1, 0.15) is 25.3 Å². The van der Waals surface area contributed by atoms with Crippen LogP contribution in [0.4, 0.5) is 0 Å². The van der Waals surface area contributed by atoms with E-state index in [9.17, 15) is 4.57 Å². The molecule has 0 spiro atoms. The molecule has 2 unspecified atom stereocenters. The Balaban J connectivity index is 0.00000220. The molecule has 1 N–H and O–H groups in total. The summed E-state index contributed by atoms with van der Waals surface area (Å²) in [4.78, 5) is 0. The lowest BCUT2D eigenvalue weighted by Crippen LogP contribution is -2.21. The highest BCUT2D eigenvalue weighted by molar-refractivity contribution is 9.10. The molecular formula is C14H22BrClNO3P. The molecule has 0 bridgehead atoms. The number of rotatable bonds is 6. The lowest BCUT2D eigenvalue weighted by Gasteiger charge is -2.27. The van der Waals surface area contributed by atoms with E-state index in [0.29, 0.717) is 19.8 Å². The maximum absolute atomic E-state index is 13.0. The summed E-state index contributed by atoms with van der Waals surface area (Å²) in [6.45, 7) is 5.97. The first-order valence-corrected chi connectivity index (χ1v) is 9.36. The van der Waals surface area contributed by atoms with Crippen LogP contribution in [-0.2, 0) is 13.6 Å². The van der Waals surface area contributed by atoms with Crippen molar-refractivity contribution in [2.45, 2.75) is 25.4 Å². The van der Waals surface area contributed by atoms with Crippen molar-refractivity contribution in [3.05, 3.63) is 34.3 Å². The fraction of sp³-hybridized carbons (Fsp3) is 0.571. The van der Waals surface area contributed by atoms with Crippen LogP contribution in [0.25, 0.3) is 0 Å². The van der Waals surface area contributed by atoms with Gasteiger partial charge in [0.25, 0.3) is 0 Å². The van der Waals surface area contributed by atoms with Crippen LogP contribution >= 0.6 is 35.9 Å². The Bertz CT molecular complexity index is 476. The van der Waals surface area contributed by atoms with E-state index in [1.807, 2.05) is 26.0 Å². The van der Waals surface area contributed by atoms with Crippen molar-refractivity contribution in [1.29, 1.82) is 0 Å². The molecule has 0 amide bonds. The van der Waals surface area contributed by atoms with Gasteiger partial charge in [0, 0.05) is 23.5 Å². The molecular weight excluding hydrogens is 376 g/mol. The Hall–Kier alpha value is 0.1000. The molecule has 0 aliphatic carbocycles. The lowest BCUT2D eigenvalue weighted by molar-refractivity contribution is 0.211. The third-order valence-electron chi connectivity index (χ3n) is 3.50. The summed E-state index contributed by atoms with van der Waals surface area (Å²) in [6, 6.07) is 8.15. The summed E-state index contributed by atoms with van der Waals surface area (Å²) < 4.78 is 25.0. The molecule has 1 aliphatic heterocycles. The largest absolute Gasteiger partial charge is 0.335 e. The summed E-state index contributed by atoms with van der Waals surface area (Å²) in [5.41, 5.74) is 1.05. The van der Waals surface area contributed by atoms with Gasteiger partial charge in [-0.2, -0.15) is 0 Å². The van der Waals surface area contributed by atoms with Gasteiger partial charge in [-0.25, -0.2) is 0 Å². The van der Waals surface area contributed by atoms with Gasteiger partial charge in [0.05, 0.1) is 18.9 Å². The third-order valence-corrected chi connectivity index (χ3v) is 6.62. The Morgan fingerprint density at radius 2 is 1.76 bits per heavy atom. The van der Waals surface area contributed by atoms with Crippen LogP contribution in [0.2, 0.25) is 0 Å². The SMILES string of the molecule is CCOP(=O)(OCC)C1CNCC1c1ccc(Br)cc1.Cl. The fourth-order valence-corrected chi connectivity index (χ4v) is 5.15. The van der Waals surface area contributed by atoms with Crippen molar-refractivity contribution in [2.75, 3.05) is 26.3 Å². The van der Waals surface area contributed by atoms with E-state index in [1.165, 1.54) is 5.56 Å². The van der Waals surface area contributed by atoms with Crippen molar-refractivity contribution in [1.82, 2.24) is 5.32 Å². The van der Waals surface area contributed by atoms with Crippen LogP contribution < -0.4 is 5.32 Å². The Kier molecular flexibility index (Phi) is 7.90. The minimum atomic E-state index is -3.07. The topological polar surface area (TPSA) is 47.6 Å². The molecule has 1 aromatic carbocycles. The lowest BCUT2D eigenvalue weighted by atomic mass is 9.98. The Morgan fingerprint density at radius 3 is 2.29 bits per heavy atom. The molecule has 1 heterocycles. The Morgan fingerprint density at radius 1 is 1.19 bits per heavy atom. The zero-order valence-electron chi connectivity index (χ0n) is 12.3. The molecule has 1 fully saturated rings. The monoisotopic (exact) mass is 397 g/mol. The molecule has 120 valence electrons. The summed E-state index contributed by atoms with van der Waals surface area (Å²) in [5.74, 6) is 0.159. The van der Waals surface area contributed by atoms with Gasteiger partial charge >= 0.3 is 7.60 Å². The van der Waals surface area contributed by atoms with Crippen molar-refractivity contribution >= 4 is 35.9 Å². The molecule has 0 saturated carbocycles.